The van der Waals surface area contributed by atoms with E-state index in [4.69, 9.17) is 11.6 Å². The number of halogens is 1. The van der Waals surface area contributed by atoms with Gasteiger partial charge in [0, 0.05) is 23.7 Å². The van der Waals surface area contributed by atoms with Gasteiger partial charge in [0.05, 0.1) is 11.8 Å². The van der Waals surface area contributed by atoms with Crippen LogP contribution in [-0.2, 0) is 0 Å². The third-order valence-electron chi connectivity index (χ3n) is 3.90. The van der Waals surface area contributed by atoms with Crippen LogP contribution in [0.1, 0.15) is 18.4 Å². The summed E-state index contributed by atoms with van der Waals surface area (Å²) in [6.07, 6.45) is 1.41. The summed E-state index contributed by atoms with van der Waals surface area (Å²) in [7, 11) is 0. The molecule has 1 aliphatic heterocycles. The summed E-state index contributed by atoms with van der Waals surface area (Å²) in [5, 5.41) is 18.9. The number of aromatic nitrogens is 2. The lowest BCUT2D eigenvalue weighted by molar-refractivity contribution is 0.145. The highest BCUT2D eigenvalue weighted by Gasteiger charge is 2.18. The van der Waals surface area contributed by atoms with Gasteiger partial charge in [-0.05, 0) is 49.6 Å². The first-order valence-electron chi connectivity index (χ1n) is 7.17. The van der Waals surface area contributed by atoms with Gasteiger partial charge in [-0.3, -0.25) is 0 Å². The highest BCUT2D eigenvalue weighted by atomic mass is 35.5. The summed E-state index contributed by atoms with van der Waals surface area (Å²) >= 11 is 5.98. The minimum Gasteiger partial charge on any atom is -0.393 e. The number of aliphatic hydroxyl groups is 1. The Labute approximate surface area is 129 Å². The molecule has 3 rings (SSSR count). The number of nitrogens with zero attached hydrogens (tertiary/aromatic N) is 3. The average Bonchev–Trinajstić information content (AvgIpc) is 2.48. The van der Waals surface area contributed by atoms with Crippen molar-refractivity contribution in [2.45, 2.75) is 25.9 Å². The number of hydrogen-bond acceptors (Lipinski definition) is 4. The number of piperidine rings is 1. The lowest BCUT2D eigenvalue weighted by Crippen LogP contribution is -2.36. The van der Waals surface area contributed by atoms with Crippen LogP contribution in [-0.4, -0.2) is 34.5 Å². The number of rotatable bonds is 2. The molecule has 1 aromatic heterocycles. The second kappa shape index (κ2) is 6.00. The van der Waals surface area contributed by atoms with Crippen LogP contribution >= 0.6 is 11.6 Å². The van der Waals surface area contributed by atoms with E-state index in [0.717, 1.165) is 53.6 Å². The maximum atomic E-state index is 9.55. The smallest absolute Gasteiger partial charge is 0.151 e. The zero-order valence-electron chi connectivity index (χ0n) is 12.0. The molecule has 0 radical (unpaired) electrons. The number of anilines is 1. The van der Waals surface area contributed by atoms with Gasteiger partial charge in [-0.25, -0.2) is 0 Å². The van der Waals surface area contributed by atoms with Crippen molar-refractivity contribution in [2.24, 2.45) is 0 Å². The predicted octanol–water partition coefficient (Wildman–Crippen LogP) is 3.07. The van der Waals surface area contributed by atoms with E-state index >= 15 is 0 Å². The van der Waals surface area contributed by atoms with Crippen LogP contribution in [0.2, 0.25) is 5.02 Å². The molecule has 110 valence electrons. The third-order valence-corrected chi connectivity index (χ3v) is 4.14. The molecule has 5 heteroatoms. The fraction of sp³-hybridized carbons (Fsp3) is 0.375. The van der Waals surface area contributed by atoms with Crippen molar-refractivity contribution < 1.29 is 5.11 Å². The summed E-state index contributed by atoms with van der Waals surface area (Å²) in [6, 6.07) is 9.75. The second-order valence-corrected chi connectivity index (χ2v) is 5.89. The number of hydrogen-bond donors (Lipinski definition) is 1. The Balaban J connectivity index is 1.80. The second-order valence-electron chi connectivity index (χ2n) is 5.45. The summed E-state index contributed by atoms with van der Waals surface area (Å²) in [6.45, 7) is 3.67. The molecule has 1 N–H and O–H groups in total. The van der Waals surface area contributed by atoms with Gasteiger partial charge < -0.3 is 10.0 Å². The van der Waals surface area contributed by atoms with E-state index in [2.05, 4.69) is 15.1 Å². The van der Waals surface area contributed by atoms with Gasteiger partial charge in [0.15, 0.2) is 5.82 Å². The minimum atomic E-state index is -0.176. The van der Waals surface area contributed by atoms with Gasteiger partial charge >= 0.3 is 0 Å². The maximum Gasteiger partial charge on any atom is 0.151 e. The molecule has 1 aliphatic rings. The quantitative estimate of drug-likeness (QED) is 0.926. The van der Waals surface area contributed by atoms with E-state index in [0.29, 0.717) is 0 Å². The zero-order valence-corrected chi connectivity index (χ0v) is 12.7. The van der Waals surface area contributed by atoms with Gasteiger partial charge in [0.2, 0.25) is 0 Å². The van der Waals surface area contributed by atoms with E-state index < -0.39 is 0 Å². The standard InChI is InChI=1S/C16H18ClN3O/c1-11-10-12(17)2-3-14(11)15-4-5-16(19-18-15)20-8-6-13(21)7-9-20/h2-5,10,13,21H,6-9H2,1H3. The lowest BCUT2D eigenvalue weighted by Gasteiger charge is -2.30. The largest absolute Gasteiger partial charge is 0.393 e. The molecule has 1 aromatic carbocycles. The Bertz CT molecular complexity index is 622. The van der Waals surface area contributed by atoms with Crippen molar-refractivity contribution in [3.8, 4) is 11.3 Å². The zero-order chi connectivity index (χ0) is 14.8. The minimum absolute atomic E-state index is 0.176. The van der Waals surface area contributed by atoms with E-state index in [-0.39, 0.29) is 6.10 Å². The number of benzene rings is 1. The average molecular weight is 304 g/mol. The van der Waals surface area contributed by atoms with Crippen LogP contribution in [0.5, 0.6) is 0 Å². The molecule has 0 unspecified atom stereocenters. The Hall–Kier alpha value is -1.65. The fourth-order valence-electron chi connectivity index (χ4n) is 2.65. The van der Waals surface area contributed by atoms with Crippen molar-refractivity contribution in [3.63, 3.8) is 0 Å². The third kappa shape index (κ3) is 3.17. The normalized spacial score (nSPS) is 16.2. The first-order chi connectivity index (χ1) is 10.1. The van der Waals surface area contributed by atoms with Gasteiger partial charge in [0.1, 0.15) is 0 Å². The van der Waals surface area contributed by atoms with Crippen LogP contribution in [0, 0.1) is 6.92 Å². The van der Waals surface area contributed by atoms with Crippen molar-refractivity contribution in [1.29, 1.82) is 0 Å². The Morgan fingerprint density at radius 3 is 2.52 bits per heavy atom. The molecule has 0 spiro atoms. The van der Waals surface area contributed by atoms with Crippen LogP contribution in [0.4, 0.5) is 5.82 Å². The Morgan fingerprint density at radius 1 is 1.14 bits per heavy atom. The van der Waals surface area contributed by atoms with E-state index in [1.165, 1.54) is 0 Å². The maximum absolute atomic E-state index is 9.55. The predicted molar refractivity (Wildman–Crippen MR) is 84.7 cm³/mol. The van der Waals surface area contributed by atoms with E-state index in [1.54, 1.807) is 0 Å². The molecule has 0 aliphatic carbocycles. The topological polar surface area (TPSA) is 49.2 Å². The molecule has 1 fully saturated rings. The molecule has 2 aromatic rings. The fourth-order valence-corrected chi connectivity index (χ4v) is 2.87. The van der Waals surface area contributed by atoms with Crippen molar-refractivity contribution in [3.05, 3.63) is 40.9 Å². The molecular weight excluding hydrogens is 286 g/mol. The molecule has 1 saturated heterocycles. The summed E-state index contributed by atoms with van der Waals surface area (Å²) in [5.41, 5.74) is 2.99. The monoisotopic (exact) mass is 303 g/mol. The molecule has 2 heterocycles. The van der Waals surface area contributed by atoms with Crippen molar-refractivity contribution in [1.82, 2.24) is 10.2 Å². The van der Waals surface area contributed by atoms with Crippen LogP contribution in [0.15, 0.2) is 30.3 Å². The van der Waals surface area contributed by atoms with Gasteiger partial charge in [-0.2, -0.15) is 0 Å². The highest BCUT2D eigenvalue weighted by Crippen LogP contribution is 2.25. The Morgan fingerprint density at radius 2 is 1.90 bits per heavy atom. The van der Waals surface area contributed by atoms with E-state index in [1.807, 2.05) is 37.3 Å². The summed E-state index contributed by atoms with van der Waals surface area (Å²) in [5.74, 6) is 0.872. The molecule has 0 amide bonds. The number of aliphatic hydroxyl groups excluding tert-OH is 1. The van der Waals surface area contributed by atoms with E-state index in [9.17, 15) is 5.11 Å². The number of aryl methyl sites for hydroxylation is 1. The van der Waals surface area contributed by atoms with Crippen LogP contribution in [0.3, 0.4) is 0 Å². The SMILES string of the molecule is Cc1cc(Cl)ccc1-c1ccc(N2CCC(O)CC2)nn1. The summed E-state index contributed by atoms with van der Waals surface area (Å²) < 4.78 is 0. The molecular formula is C16H18ClN3O. The highest BCUT2D eigenvalue weighted by molar-refractivity contribution is 6.30. The molecule has 4 nitrogen and oxygen atoms in total. The van der Waals surface area contributed by atoms with Crippen molar-refractivity contribution >= 4 is 17.4 Å². The molecule has 0 bridgehead atoms. The molecule has 0 saturated carbocycles. The van der Waals surface area contributed by atoms with Crippen LogP contribution < -0.4 is 4.90 Å². The van der Waals surface area contributed by atoms with Crippen LogP contribution in [0.25, 0.3) is 11.3 Å². The first-order valence-corrected chi connectivity index (χ1v) is 7.54. The van der Waals surface area contributed by atoms with Crippen molar-refractivity contribution in [2.75, 3.05) is 18.0 Å². The molecule has 0 atom stereocenters. The lowest BCUT2D eigenvalue weighted by atomic mass is 10.1. The Kier molecular flexibility index (Phi) is 4.08. The van der Waals surface area contributed by atoms with Gasteiger partial charge in [-0.1, -0.05) is 17.7 Å². The molecule has 21 heavy (non-hydrogen) atoms. The van der Waals surface area contributed by atoms with Gasteiger partial charge in [0.25, 0.3) is 0 Å². The first kappa shape index (κ1) is 14.3. The summed E-state index contributed by atoms with van der Waals surface area (Å²) in [4.78, 5) is 2.16. The van der Waals surface area contributed by atoms with Gasteiger partial charge in [-0.15, -0.1) is 10.2 Å².